The van der Waals surface area contributed by atoms with E-state index in [4.69, 9.17) is 17.3 Å². The quantitative estimate of drug-likeness (QED) is 0.861. The highest BCUT2D eigenvalue weighted by Crippen LogP contribution is 2.32. The van der Waals surface area contributed by atoms with Crippen LogP contribution in [0.25, 0.3) is 11.1 Å². The molecular formula is C13H12ClNO2S. The van der Waals surface area contributed by atoms with Crippen LogP contribution in [0.5, 0.6) is 0 Å². The van der Waals surface area contributed by atoms with Crippen LogP contribution < -0.4 is 5.73 Å². The summed E-state index contributed by atoms with van der Waals surface area (Å²) in [6, 6.07) is 12.0. The number of benzene rings is 2. The lowest BCUT2D eigenvalue weighted by molar-refractivity contribution is 0.602. The lowest BCUT2D eigenvalue weighted by Gasteiger charge is -2.11. The van der Waals surface area contributed by atoms with Gasteiger partial charge >= 0.3 is 0 Å². The second-order valence-corrected chi connectivity index (χ2v) is 6.40. The highest BCUT2D eigenvalue weighted by molar-refractivity contribution is 7.91. The fraction of sp³-hybridized carbons (Fsp3) is 0.0769. The number of sulfone groups is 1. The third kappa shape index (κ3) is 2.49. The maximum Gasteiger partial charge on any atom is 0.178 e. The predicted octanol–water partition coefficient (Wildman–Crippen LogP) is 2.99. The van der Waals surface area contributed by atoms with E-state index in [1.54, 1.807) is 42.5 Å². The minimum absolute atomic E-state index is 0.146. The minimum Gasteiger partial charge on any atom is -0.398 e. The molecule has 2 rings (SSSR count). The molecule has 0 heterocycles. The van der Waals surface area contributed by atoms with Crippen LogP contribution in [-0.4, -0.2) is 14.7 Å². The van der Waals surface area contributed by atoms with Gasteiger partial charge in [-0.1, -0.05) is 35.9 Å². The summed E-state index contributed by atoms with van der Waals surface area (Å²) in [4.78, 5) is 0.146. The van der Waals surface area contributed by atoms with E-state index in [-0.39, 0.29) is 10.6 Å². The van der Waals surface area contributed by atoms with Crippen molar-refractivity contribution in [1.29, 1.82) is 0 Å². The van der Waals surface area contributed by atoms with Crippen molar-refractivity contribution in [3.63, 3.8) is 0 Å². The molecule has 2 N–H and O–H groups in total. The van der Waals surface area contributed by atoms with Crippen LogP contribution in [0.2, 0.25) is 5.02 Å². The minimum atomic E-state index is -3.39. The summed E-state index contributed by atoms with van der Waals surface area (Å²) >= 11 is 5.92. The highest BCUT2D eigenvalue weighted by atomic mass is 35.5. The van der Waals surface area contributed by atoms with Crippen LogP contribution in [0.1, 0.15) is 0 Å². The number of anilines is 1. The molecular weight excluding hydrogens is 270 g/mol. The summed E-state index contributed by atoms with van der Waals surface area (Å²) in [6.07, 6.45) is 1.15. The first kappa shape index (κ1) is 12.9. The van der Waals surface area contributed by atoms with Gasteiger partial charge in [0.2, 0.25) is 0 Å². The van der Waals surface area contributed by atoms with Crippen LogP contribution in [-0.2, 0) is 9.84 Å². The van der Waals surface area contributed by atoms with E-state index < -0.39 is 9.84 Å². The van der Waals surface area contributed by atoms with Gasteiger partial charge in [-0.15, -0.1) is 0 Å². The van der Waals surface area contributed by atoms with Gasteiger partial charge < -0.3 is 5.73 Å². The number of hydrogen-bond acceptors (Lipinski definition) is 3. The topological polar surface area (TPSA) is 60.2 Å². The van der Waals surface area contributed by atoms with Gasteiger partial charge in [0, 0.05) is 16.8 Å². The van der Waals surface area contributed by atoms with Gasteiger partial charge in [0.05, 0.1) is 10.6 Å². The maximum atomic E-state index is 11.8. The zero-order valence-electron chi connectivity index (χ0n) is 9.72. The van der Waals surface area contributed by atoms with Crippen molar-refractivity contribution in [2.45, 2.75) is 4.90 Å². The Balaban J connectivity index is 2.77. The number of nitrogen functional groups attached to an aromatic ring is 1. The largest absolute Gasteiger partial charge is 0.398 e. The molecule has 2 aromatic carbocycles. The van der Waals surface area contributed by atoms with Gasteiger partial charge in [-0.2, -0.15) is 0 Å². The van der Waals surface area contributed by atoms with Crippen LogP contribution in [0.3, 0.4) is 0 Å². The third-order valence-corrected chi connectivity index (χ3v) is 3.98. The molecule has 0 amide bonds. The fourth-order valence-electron chi connectivity index (χ4n) is 1.85. The van der Waals surface area contributed by atoms with Crippen LogP contribution in [0.4, 0.5) is 5.69 Å². The lowest BCUT2D eigenvalue weighted by Crippen LogP contribution is -2.04. The number of halogens is 1. The lowest BCUT2D eigenvalue weighted by atomic mass is 10.1. The SMILES string of the molecule is CS(=O)(=O)c1c(N)cccc1-c1cccc(Cl)c1. The molecule has 0 aliphatic rings. The van der Waals surface area contributed by atoms with E-state index >= 15 is 0 Å². The Kier molecular flexibility index (Phi) is 3.32. The van der Waals surface area contributed by atoms with Gasteiger partial charge in [-0.25, -0.2) is 8.42 Å². The average molecular weight is 282 g/mol. The first-order valence-corrected chi connectivity index (χ1v) is 7.51. The fourth-order valence-corrected chi connectivity index (χ4v) is 3.12. The molecule has 0 saturated carbocycles. The second-order valence-electron chi connectivity index (χ2n) is 4.01. The van der Waals surface area contributed by atoms with Gasteiger partial charge in [0.15, 0.2) is 9.84 Å². The summed E-state index contributed by atoms with van der Waals surface area (Å²) in [5, 5.41) is 0.550. The van der Waals surface area contributed by atoms with Crippen molar-refractivity contribution in [1.82, 2.24) is 0 Å². The molecule has 0 atom stereocenters. The van der Waals surface area contributed by atoms with Gasteiger partial charge in [0.1, 0.15) is 0 Å². The van der Waals surface area contributed by atoms with E-state index in [0.29, 0.717) is 10.6 Å². The van der Waals surface area contributed by atoms with E-state index in [1.807, 2.05) is 0 Å². The molecule has 5 heteroatoms. The Hall–Kier alpha value is -1.52. The summed E-state index contributed by atoms with van der Waals surface area (Å²) < 4.78 is 23.6. The molecule has 0 radical (unpaired) electrons. The van der Waals surface area contributed by atoms with Crippen LogP contribution in [0.15, 0.2) is 47.4 Å². The van der Waals surface area contributed by atoms with Crippen molar-refractivity contribution >= 4 is 27.1 Å². The smallest absolute Gasteiger partial charge is 0.178 e. The maximum absolute atomic E-state index is 11.8. The summed E-state index contributed by atoms with van der Waals surface area (Å²) in [5.74, 6) is 0. The second kappa shape index (κ2) is 4.63. The monoisotopic (exact) mass is 281 g/mol. The van der Waals surface area contributed by atoms with Gasteiger partial charge in [0.25, 0.3) is 0 Å². The standard InChI is InChI=1S/C13H12ClNO2S/c1-18(16,17)13-11(6-3-7-12(13)15)9-4-2-5-10(14)8-9/h2-8H,15H2,1H3. The molecule has 0 aliphatic carbocycles. The van der Waals surface area contributed by atoms with Crippen molar-refractivity contribution in [3.8, 4) is 11.1 Å². The van der Waals surface area contributed by atoms with Crippen LogP contribution in [0, 0.1) is 0 Å². The Morgan fingerprint density at radius 3 is 2.39 bits per heavy atom. The Morgan fingerprint density at radius 1 is 1.11 bits per heavy atom. The molecule has 0 unspecified atom stereocenters. The zero-order valence-corrected chi connectivity index (χ0v) is 11.3. The molecule has 0 aliphatic heterocycles. The molecule has 0 aromatic heterocycles. The molecule has 0 fully saturated rings. The van der Waals surface area contributed by atoms with Gasteiger partial charge in [-0.05, 0) is 23.8 Å². The first-order chi connectivity index (χ1) is 8.39. The zero-order chi connectivity index (χ0) is 13.3. The van der Waals surface area contributed by atoms with Crippen LogP contribution >= 0.6 is 11.6 Å². The number of rotatable bonds is 2. The molecule has 94 valence electrons. The van der Waals surface area contributed by atoms with Crippen molar-refractivity contribution in [3.05, 3.63) is 47.5 Å². The highest BCUT2D eigenvalue weighted by Gasteiger charge is 2.17. The third-order valence-electron chi connectivity index (χ3n) is 2.55. The molecule has 2 aromatic rings. The first-order valence-electron chi connectivity index (χ1n) is 5.24. The summed E-state index contributed by atoms with van der Waals surface area (Å²) in [5.41, 5.74) is 7.32. The molecule has 0 bridgehead atoms. The average Bonchev–Trinajstić information content (AvgIpc) is 2.27. The van der Waals surface area contributed by atoms with Crippen molar-refractivity contribution in [2.75, 3.05) is 12.0 Å². The van der Waals surface area contributed by atoms with Crippen molar-refractivity contribution in [2.24, 2.45) is 0 Å². The van der Waals surface area contributed by atoms with E-state index in [1.165, 1.54) is 0 Å². The van der Waals surface area contributed by atoms with E-state index in [9.17, 15) is 8.42 Å². The molecule has 18 heavy (non-hydrogen) atoms. The van der Waals surface area contributed by atoms with E-state index in [2.05, 4.69) is 0 Å². The summed E-state index contributed by atoms with van der Waals surface area (Å²) in [6.45, 7) is 0. The molecule has 3 nitrogen and oxygen atoms in total. The Bertz CT molecular complexity index is 696. The molecule has 0 spiro atoms. The predicted molar refractivity (Wildman–Crippen MR) is 74.4 cm³/mol. The Morgan fingerprint density at radius 2 is 1.78 bits per heavy atom. The number of hydrogen-bond donors (Lipinski definition) is 1. The Labute approximate surface area is 111 Å². The van der Waals surface area contributed by atoms with Crippen molar-refractivity contribution < 1.29 is 8.42 Å². The normalized spacial score (nSPS) is 11.4. The molecule has 0 saturated heterocycles. The van der Waals surface area contributed by atoms with E-state index in [0.717, 1.165) is 11.8 Å². The van der Waals surface area contributed by atoms with Gasteiger partial charge in [-0.3, -0.25) is 0 Å². The summed E-state index contributed by atoms with van der Waals surface area (Å²) in [7, 11) is -3.39. The number of nitrogens with two attached hydrogens (primary N) is 1.